The molecule has 2 aromatic carbocycles. The standard InChI is InChI=1S/C26H34N4O2/c1-3-13-28-26(32)30(20-23-8-6-7-21(2)18-23)24-11-9-22(10-12-24)19-25(31)27-14-17-29-15-4-5-16-29/h3,6-12,18H,1,4-5,13-17,19-20H2,2H3,(H,27,31)(H,28,32). The van der Waals surface area contributed by atoms with Gasteiger partial charge in [-0.1, -0.05) is 48.0 Å². The minimum absolute atomic E-state index is 0.0253. The molecule has 0 aromatic heterocycles. The van der Waals surface area contributed by atoms with Gasteiger partial charge in [0.15, 0.2) is 0 Å². The number of benzene rings is 2. The van der Waals surface area contributed by atoms with Gasteiger partial charge in [-0.2, -0.15) is 0 Å². The fraction of sp³-hybridized carbons (Fsp3) is 0.385. The number of amides is 3. The molecule has 1 heterocycles. The van der Waals surface area contributed by atoms with Gasteiger partial charge in [-0.15, -0.1) is 6.58 Å². The van der Waals surface area contributed by atoms with Crippen LogP contribution in [0.1, 0.15) is 29.5 Å². The molecule has 170 valence electrons. The van der Waals surface area contributed by atoms with Gasteiger partial charge < -0.3 is 15.5 Å². The summed E-state index contributed by atoms with van der Waals surface area (Å²) in [6.07, 6.45) is 4.51. The lowest BCUT2D eigenvalue weighted by molar-refractivity contribution is -0.120. The summed E-state index contributed by atoms with van der Waals surface area (Å²) in [6.45, 7) is 10.4. The van der Waals surface area contributed by atoms with Crippen LogP contribution in [-0.2, 0) is 17.8 Å². The Hall–Kier alpha value is -3.12. The molecule has 1 aliphatic rings. The third-order valence-corrected chi connectivity index (χ3v) is 5.63. The summed E-state index contributed by atoms with van der Waals surface area (Å²) >= 11 is 0. The van der Waals surface area contributed by atoms with Crippen molar-refractivity contribution in [3.63, 3.8) is 0 Å². The van der Waals surface area contributed by atoms with Crippen molar-refractivity contribution in [1.29, 1.82) is 0 Å². The summed E-state index contributed by atoms with van der Waals surface area (Å²) in [5.74, 6) is 0.0253. The highest BCUT2D eigenvalue weighted by atomic mass is 16.2. The molecule has 2 aromatic rings. The lowest BCUT2D eigenvalue weighted by atomic mass is 10.1. The molecular weight excluding hydrogens is 400 g/mol. The Kier molecular flexibility index (Phi) is 8.87. The Morgan fingerprint density at radius 2 is 1.81 bits per heavy atom. The number of anilines is 1. The second kappa shape index (κ2) is 12.1. The van der Waals surface area contributed by atoms with E-state index in [1.165, 1.54) is 12.8 Å². The van der Waals surface area contributed by atoms with Crippen molar-refractivity contribution in [2.75, 3.05) is 37.6 Å². The first kappa shape index (κ1) is 23.5. The molecule has 3 amide bonds. The number of urea groups is 1. The van der Waals surface area contributed by atoms with Crippen LogP contribution < -0.4 is 15.5 Å². The molecule has 0 radical (unpaired) electrons. The Morgan fingerprint density at radius 1 is 1.06 bits per heavy atom. The molecule has 0 aliphatic carbocycles. The highest BCUT2D eigenvalue weighted by Crippen LogP contribution is 2.19. The van der Waals surface area contributed by atoms with Crippen molar-refractivity contribution < 1.29 is 9.59 Å². The summed E-state index contributed by atoms with van der Waals surface area (Å²) in [4.78, 5) is 29.2. The maximum Gasteiger partial charge on any atom is 0.322 e. The highest BCUT2D eigenvalue weighted by Gasteiger charge is 2.16. The van der Waals surface area contributed by atoms with Gasteiger partial charge in [0.25, 0.3) is 0 Å². The van der Waals surface area contributed by atoms with Crippen LogP contribution in [0.5, 0.6) is 0 Å². The van der Waals surface area contributed by atoms with Crippen molar-refractivity contribution in [2.24, 2.45) is 0 Å². The van der Waals surface area contributed by atoms with Gasteiger partial charge in [0.05, 0.1) is 13.0 Å². The average molecular weight is 435 g/mol. The van der Waals surface area contributed by atoms with Crippen LogP contribution in [0.4, 0.5) is 10.5 Å². The molecular formula is C26H34N4O2. The first-order chi connectivity index (χ1) is 15.5. The van der Waals surface area contributed by atoms with E-state index in [4.69, 9.17) is 0 Å². The fourth-order valence-electron chi connectivity index (χ4n) is 3.93. The molecule has 6 nitrogen and oxygen atoms in total. The Morgan fingerprint density at radius 3 is 2.50 bits per heavy atom. The lowest BCUT2D eigenvalue weighted by Crippen LogP contribution is -2.39. The van der Waals surface area contributed by atoms with Crippen LogP contribution in [0.3, 0.4) is 0 Å². The number of carbonyl (C=O) groups excluding carboxylic acids is 2. The molecule has 2 N–H and O–H groups in total. The number of aryl methyl sites for hydroxylation is 1. The van der Waals surface area contributed by atoms with E-state index in [9.17, 15) is 9.59 Å². The Balaban J connectivity index is 1.60. The molecule has 0 unspecified atom stereocenters. The Bertz CT molecular complexity index is 904. The van der Waals surface area contributed by atoms with Gasteiger partial charge in [0, 0.05) is 25.3 Å². The summed E-state index contributed by atoms with van der Waals surface area (Å²) in [7, 11) is 0. The van der Waals surface area contributed by atoms with Crippen LogP contribution in [0.25, 0.3) is 0 Å². The van der Waals surface area contributed by atoms with Crippen molar-refractivity contribution >= 4 is 17.6 Å². The zero-order chi connectivity index (χ0) is 22.8. The number of nitrogens with one attached hydrogen (secondary N) is 2. The normalized spacial score (nSPS) is 13.5. The molecule has 3 rings (SSSR count). The second-order valence-corrected chi connectivity index (χ2v) is 8.29. The summed E-state index contributed by atoms with van der Waals surface area (Å²) < 4.78 is 0. The van der Waals surface area contributed by atoms with Crippen molar-refractivity contribution in [3.05, 3.63) is 77.9 Å². The van der Waals surface area contributed by atoms with Crippen molar-refractivity contribution in [3.8, 4) is 0 Å². The van der Waals surface area contributed by atoms with E-state index in [-0.39, 0.29) is 11.9 Å². The third kappa shape index (κ3) is 7.24. The Labute approximate surface area is 191 Å². The molecule has 0 atom stereocenters. The first-order valence-electron chi connectivity index (χ1n) is 11.3. The SMILES string of the molecule is C=CCNC(=O)N(Cc1cccc(C)c1)c1ccc(CC(=O)NCCN2CCCC2)cc1. The first-order valence-corrected chi connectivity index (χ1v) is 11.3. The minimum atomic E-state index is -0.182. The van der Waals surface area contributed by atoms with E-state index in [0.717, 1.165) is 42.0 Å². The minimum Gasteiger partial charge on any atom is -0.355 e. The van der Waals surface area contributed by atoms with Crippen LogP contribution in [0, 0.1) is 6.92 Å². The molecule has 1 fully saturated rings. The third-order valence-electron chi connectivity index (χ3n) is 5.63. The van der Waals surface area contributed by atoms with E-state index in [0.29, 0.717) is 26.1 Å². The van der Waals surface area contributed by atoms with Crippen LogP contribution in [0.2, 0.25) is 0 Å². The molecule has 0 bridgehead atoms. The van der Waals surface area contributed by atoms with Gasteiger partial charge in [-0.05, 0) is 56.1 Å². The number of nitrogens with zero attached hydrogens (tertiary/aromatic N) is 2. The fourth-order valence-corrected chi connectivity index (χ4v) is 3.93. The van der Waals surface area contributed by atoms with Crippen LogP contribution in [-0.4, -0.2) is 49.6 Å². The molecule has 32 heavy (non-hydrogen) atoms. The van der Waals surface area contributed by atoms with Crippen LogP contribution >= 0.6 is 0 Å². The van der Waals surface area contributed by atoms with E-state index in [1.807, 2.05) is 49.4 Å². The van der Waals surface area contributed by atoms with E-state index in [1.54, 1.807) is 11.0 Å². The van der Waals surface area contributed by atoms with Crippen molar-refractivity contribution in [1.82, 2.24) is 15.5 Å². The smallest absolute Gasteiger partial charge is 0.322 e. The lowest BCUT2D eigenvalue weighted by Gasteiger charge is -2.23. The van der Waals surface area contributed by atoms with E-state index < -0.39 is 0 Å². The number of hydrogen-bond acceptors (Lipinski definition) is 3. The zero-order valence-corrected chi connectivity index (χ0v) is 19.0. The van der Waals surface area contributed by atoms with Gasteiger partial charge in [0.2, 0.25) is 5.91 Å². The number of rotatable bonds is 10. The highest BCUT2D eigenvalue weighted by molar-refractivity contribution is 5.92. The number of carbonyl (C=O) groups is 2. The number of hydrogen-bond donors (Lipinski definition) is 2. The quantitative estimate of drug-likeness (QED) is 0.561. The van der Waals surface area contributed by atoms with Gasteiger partial charge in [-0.3, -0.25) is 9.69 Å². The summed E-state index contributed by atoms with van der Waals surface area (Å²) in [6, 6.07) is 15.6. The topological polar surface area (TPSA) is 64.7 Å². The monoisotopic (exact) mass is 434 g/mol. The predicted octanol–water partition coefficient (Wildman–Crippen LogP) is 3.65. The zero-order valence-electron chi connectivity index (χ0n) is 19.0. The van der Waals surface area contributed by atoms with E-state index in [2.05, 4.69) is 28.2 Å². The maximum atomic E-state index is 12.8. The molecule has 1 aliphatic heterocycles. The van der Waals surface area contributed by atoms with Crippen molar-refractivity contribution in [2.45, 2.75) is 32.7 Å². The summed E-state index contributed by atoms with van der Waals surface area (Å²) in [5, 5.41) is 5.87. The van der Waals surface area contributed by atoms with E-state index >= 15 is 0 Å². The summed E-state index contributed by atoms with van der Waals surface area (Å²) in [5.41, 5.74) is 3.92. The molecule has 1 saturated heterocycles. The number of likely N-dealkylation sites (tertiary alicyclic amines) is 1. The van der Waals surface area contributed by atoms with Gasteiger partial charge in [0.1, 0.15) is 0 Å². The van der Waals surface area contributed by atoms with Crippen LogP contribution in [0.15, 0.2) is 61.2 Å². The molecule has 6 heteroatoms. The predicted molar refractivity (Wildman–Crippen MR) is 130 cm³/mol. The van der Waals surface area contributed by atoms with Gasteiger partial charge >= 0.3 is 6.03 Å². The largest absolute Gasteiger partial charge is 0.355 e. The average Bonchev–Trinajstić information content (AvgIpc) is 3.30. The second-order valence-electron chi connectivity index (χ2n) is 8.29. The molecule has 0 saturated carbocycles. The van der Waals surface area contributed by atoms with Gasteiger partial charge in [-0.25, -0.2) is 4.79 Å². The molecule has 0 spiro atoms. The maximum absolute atomic E-state index is 12.8.